The topological polar surface area (TPSA) is 37.4 Å². The Bertz CT molecular complexity index is 1420. The normalized spacial score (nSPS) is 14.1. The van der Waals surface area contributed by atoms with Crippen LogP contribution in [0, 0.1) is 6.92 Å². The van der Waals surface area contributed by atoms with Gasteiger partial charge >= 0.3 is 0 Å². The molecule has 34 heavy (non-hydrogen) atoms. The van der Waals surface area contributed by atoms with Gasteiger partial charge in [0.2, 0.25) is 10.0 Å². The largest absolute Gasteiger partial charge is 0.212 e. The molecule has 1 aliphatic heterocycles. The molecule has 1 aliphatic rings. The molecule has 0 amide bonds. The van der Waals surface area contributed by atoms with E-state index in [-0.39, 0.29) is 0 Å². The van der Waals surface area contributed by atoms with E-state index in [0.717, 1.165) is 18.4 Å². The molecule has 4 aromatic carbocycles. The van der Waals surface area contributed by atoms with Crippen LogP contribution in [0.25, 0.3) is 22.3 Å². The van der Waals surface area contributed by atoms with Gasteiger partial charge < -0.3 is 0 Å². The maximum absolute atomic E-state index is 12.0. The fourth-order valence-corrected chi connectivity index (χ4v) is 5.69. The molecule has 172 valence electrons. The Balaban J connectivity index is 1.41. The van der Waals surface area contributed by atoms with Gasteiger partial charge in [0, 0.05) is 13.1 Å². The van der Waals surface area contributed by atoms with E-state index in [1.54, 1.807) is 4.31 Å². The minimum atomic E-state index is -3.17. The van der Waals surface area contributed by atoms with Crippen LogP contribution >= 0.6 is 0 Å². The van der Waals surface area contributed by atoms with E-state index in [9.17, 15) is 8.42 Å². The maximum atomic E-state index is 12.0. The fraction of sp³-hybridized carbons (Fsp3) is 0.200. The number of aryl methyl sites for hydroxylation is 1. The van der Waals surface area contributed by atoms with E-state index in [1.807, 2.05) is 6.07 Å². The lowest BCUT2D eigenvalue weighted by Crippen LogP contribution is -2.35. The van der Waals surface area contributed by atoms with Gasteiger partial charge in [-0.15, -0.1) is 0 Å². The molecule has 0 saturated heterocycles. The minimum absolute atomic E-state index is 0.467. The van der Waals surface area contributed by atoms with Gasteiger partial charge in [-0.2, -0.15) is 4.31 Å². The Kier molecular flexibility index (Phi) is 6.11. The second kappa shape index (κ2) is 9.21. The summed E-state index contributed by atoms with van der Waals surface area (Å²) in [6.07, 6.45) is 2.90. The van der Waals surface area contributed by atoms with Crippen molar-refractivity contribution in [3.05, 3.63) is 119 Å². The van der Waals surface area contributed by atoms with E-state index < -0.39 is 10.0 Å². The summed E-state index contributed by atoms with van der Waals surface area (Å²) in [6, 6.07) is 32.3. The summed E-state index contributed by atoms with van der Waals surface area (Å²) >= 11 is 0. The highest BCUT2D eigenvalue weighted by Crippen LogP contribution is 2.30. The molecule has 0 fully saturated rings. The predicted octanol–water partition coefficient (Wildman–Crippen LogP) is 6.24. The lowest BCUT2D eigenvalue weighted by atomic mass is 9.90. The zero-order valence-electron chi connectivity index (χ0n) is 19.7. The monoisotopic (exact) mass is 467 g/mol. The van der Waals surface area contributed by atoms with Crippen molar-refractivity contribution in [3.8, 4) is 22.3 Å². The molecule has 4 heteroatoms. The molecular weight excluding hydrogens is 438 g/mol. The van der Waals surface area contributed by atoms with Crippen LogP contribution in [0.15, 0.2) is 91.0 Å². The molecule has 0 unspecified atom stereocenters. The fourth-order valence-electron chi connectivity index (χ4n) is 4.89. The van der Waals surface area contributed by atoms with Crippen LogP contribution in [0.1, 0.15) is 27.8 Å². The summed E-state index contributed by atoms with van der Waals surface area (Å²) < 4.78 is 25.6. The Morgan fingerprint density at radius 1 is 0.794 bits per heavy atom. The molecule has 0 aromatic heterocycles. The Labute approximate surface area is 202 Å². The van der Waals surface area contributed by atoms with Crippen LogP contribution in [-0.4, -0.2) is 25.5 Å². The molecule has 3 nitrogen and oxygen atoms in total. The highest BCUT2D eigenvalue weighted by atomic mass is 32.2. The van der Waals surface area contributed by atoms with Crippen molar-refractivity contribution in [2.24, 2.45) is 0 Å². The zero-order valence-corrected chi connectivity index (χ0v) is 20.5. The first kappa shape index (κ1) is 22.6. The van der Waals surface area contributed by atoms with Crippen LogP contribution < -0.4 is 0 Å². The number of rotatable bonds is 5. The summed E-state index contributed by atoms with van der Waals surface area (Å²) in [5.74, 6) is 0. The third kappa shape index (κ3) is 4.70. The van der Waals surface area contributed by atoms with Crippen LogP contribution in [0.5, 0.6) is 0 Å². The first-order valence-corrected chi connectivity index (χ1v) is 13.5. The lowest BCUT2D eigenvalue weighted by Gasteiger charge is -2.28. The first-order chi connectivity index (χ1) is 16.4. The van der Waals surface area contributed by atoms with Crippen LogP contribution in [0.4, 0.5) is 0 Å². The molecule has 5 rings (SSSR count). The van der Waals surface area contributed by atoms with Crippen LogP contribution in [0.2, 0.25) is 0 Å². The van der Waals surface area contributed by atoms with Crippen molar-refractivity contribution < 1.29 is 8.42 Å². The predicted molar refractivity (Wildman–Crippen MR) is 140 cm³/mol. The highest BCUT2D eigenvalue weighted by Gasteiger charge is 2.24. The Morgan fingerprint density at radius 3 is 2.24 bits per heavy atom. The molecule has 0 radical (unpaired) electrons. The summed E-state index contributed by atoms with van der Waals surface area (Å²) in [4.78, 5) is 0. The summed E-state index contributed by atoms with van der Waals surface area (Å²) in [7, 11) is -3.17. The van der Waals surface area contributed by atoms with Crippen molar-refractivity contribution in [1.82, 2.24) is 4.31 Å². The van der Waals surface area contributed by atoms with Gasteiger partial charge in [0.1, 0.15) is 0 Å². The maximum Gasteiger partial charge on any atom is 0.211 e. The van der Waals surface area contributed by atoms with Crippen molar-refractivity contribution in [2.75, 3.05) is 12.8 Å². The van der Waals surface area contributed by atoms with Crippen molar-refractivity contribution >= 4 is 10.0 Å². The van der Waals surface area contributed by atoms with E-state index >= 15 is 0 Å². The van der Waals surface area contributed by atoms with Gasteiger partial charge in [-0.1, -0.05) is 91.0 Å². The second-order valence-electron chi connectivity index (χ2n) is 9.17. The summed E-state index contributed by atoms with van der Waals surface area (Å²) in [5, 5.41) is 0. The minimum Gasteiger partial charge on any atom is -0.212 e. The van der Waals surface area contributed by atoms with Crippen LogP contribution in [-0.2, 0) is 29.4 Å². The quantitative estimate of drug-likeness (QED) is 0.348. The molecule has 0 bridgehead atoms. The molecule has 0 spiro atoms. The SMILES string of the molecule is Cc1ccc(Cc2cccc3c2CCN(S(C)(=O)=O)C3)cc1-c1ccc(-c2ccccc2)cc1. The summed E-state index contributed by atoms with van der Waals surface area (Å²) in [5.41, 5.74) is 11.2. The van der Waals surface area contributed by atoms with Gasteiger partial charge in [0.25, 0.3) is 0 Å². The van der Waals surface area contributed by atoms with Gasteiger partial charge in [-0.05, 0) is 69.8 Å². The van der Waals surface area contributed by atoms with E-state index in [1.165, 1.54) is 50.8 Å². The van der Waals surface area contributed by atoms with Crippen molar-refractivity contribution in [3.63, 3.8) is 0 Å². The van der Waals surface area contributed by atoms with Crippen molar-refractivity contribution in [2.45, 2.75) is 26.3 Å². The average molecular weight is 468 g/mol. The molecule has 1 heterocycles. The standard InChI is InChI=1S/C30H29NO2S/c1-22-11-12-23(19-27-9-6-10-28-21-31(34(2,32)33)18-17-29(27)28)20-30(22)26-15-13-25(14-16-26)24-7-4-3-5-8-24/h3-16,20H,17-19,21H2,1-2H3. The molecular formula is C30H29NO2S. The summed E-state index contributed by atoms with van der Waals surface area (Å²) in [6.45, 7) is 3.18. The van der Waals surface area contributed by atoms with Gasteiger partial charge in [-0.25, -0.2) is 8.42 Å². The van der Waals surface area contributed by atoms with Crippen LogP contribution in [0.3, 0.4) is 0 Å². The smallest absolute Gasteiger partial charge is 0.211 e. The number of hydrogen-bond acceptors (Lipinski definition) is 2. The van der Waals surface area contributed by atoms with Gasteiger partial charge in [0.15, 0.2) is 0 Å². The number of benzene rings is 4. The first-order valence-electron chi connectivity index (χ1n) is 11.7. The molecule has 0 saturated carbocycles. The molecule has 0 aliphatic carbocycles. The number of fused-ring (bicyclic) bond motifs is 1. The van der Waals surface area contributed by atoms with Gasteiger partial charge in [-0.3, -0.25) is 0 Å². The van der Waals surface area contributed by atoms with Gasteiger partial charge in [0.05, 0.1) is 6.26 Å². The second-order valence-corrected chi connectivity index (χ2v) is 11.2. The number of nitrogens with zero attached hydrogens (tertiary/aromatic N) is 1. The van der Waals surface area contributed by atoms with E-state index in [4.69, 9.17) is 0 Å². The third-order valence-electron chi connectivity index (χ3n) is 6.80. The third-order valence-corrected chi connectivity index (χ3v) is 8.05. The molecule has 0 N–H and O–H groups in total. The lowest BCUT2D eigenvalue weighted by molar-refractivity contribution is 0.394. The Morgan fingerprint density at radius 2 is 1.50 bits per heavy atom. The Hall–Kier alpha value is -3.21. The highest BCUT2D eigenvalue weighted by molar-refractivity contribution is 7.88. The number of sulfonamides is 1. The van der Waals surface area contributed by atoms with E-state index in [0.29, 0.717) is 13.1 Å². The molecule has 0 atom stereocenters. The molecule has 4 aromatic rings. The zero-order chi connectivity index (χ0) is 23.7. The van der Waals surface area contributed by atoms with Crippen molar-refractivity contribution in [1.29, 1.82) is 0 Å². The van der Waals surface area contributed by atoms with E-state index in [2.05, 4.69) is 91.9 Å². The average Bonchev–Trinajstić information content (AvgIpc) is 2.85. The number of hydrogen-bond donors (Lipinski definition) is 0.